The highest BCUT2D eigenvalue weighted by molar-refractivity contribution is 7.92. The van der Waals surface area contributed by atoms with Crippen LogP contribution < -0.4 is 4.72 Å². The quantitative estimate of drug-likeness (QED) is 0.859. The lowest BCUT2D eigenvalue weighted by Gasteiger charge is -2.12. The van der Waals surface area contributed by atoms with Crippen molar-refractivity contribution in [1.29, 1.82) is 0 Å². The highest BCUT2D eigenvalue weighted by Crippen LogP contribution is 2.30. The Labute approximate surface area is 149 Å². The van der Waals surface area contributed by atoms with Gasteiger partial charge in [0.25, 0.3) is 10.0 Å². The number of nitrogens with one attached hydrogen (secondary N) is 1. The van der Waals surface area contributed by atoms with Crippen molar-refractivity contribution in [1.82, 2.24) is 4.90 Å². The predicted molar refractivity (Wildman–Crippen MR) is 91.1 cm³/mol. The fourth-order valence-electron chi connectivity index (χ4n) is 2.06. The van der Waals surface area contributed by atoms with Gasteiger partial charge in [0, 0.05) is 19.8 Å². The Morgan fingerprint density at radius 1 is 1.00 bits per heavy atom. The van der Waals surface area contributed by atoms with Crippen molar-refractivity contribution in [2.24, 2.45) is 0 Å². The highest BCUT2D eigenvalue weighted by atomic mass is 32.2. The smallest absolute Gasteiger partial charge is 0.349 e. The molecule has 0 unspecified atom stereocenters. The molecule has 0 aliphatic rings. The number of sulfonamides is 1. The maximum Gasteiger partial charge on any atom is 0.416 e. The highest BCUT2D eigenvalue weighted by Gasteiger charge is 2.30. The number of likely N-dealkylation sites (N-methyl/N-ethyl adjacent to an activating group) is 1. The molecule has 1 N–H and O–H groups in total. The molecule has 0 fully saturated rings. The van der Waals surface area contributed by atoms with Gasteiger partial charge >= 0.3 is 6.18 Å². The van der Waals surface area contributed by atoms with Crippen LogP contribution in [0, 0.1) is 0 Å². The number of hydrogen-bond acceptors (Lipinski definition) is 3. The molecule has 0 bridgehead atoms. The molecule has 26 heavy (non-hydrogen) atoms. The van der Waals surface area contributed by atoms with Crippen LogP contribution in [0.4, 0.5) is 18.9 Å². The van der Waals surface area contributed by atoms with Gasteiger partial charge < -0.3 is 4.90 Å². The number of hydrogen-bond donors (Lipinski definition) is 1. The van der Waals surface area contributed by atoms with Crippen molar-refractivity contribution in [3.05, 3.63) is 59.7 Å². The molecule has 1 amide bonds. The zero-order valence-corrected chi connectivity index (χ0v) is 14.9. The van der Waals surface area contributed by atoms with Crippen LogP contribution in [0.15, 0.2) is 53.4 Å². The molecule has 2 rings (SSSR count). The monoisotopic (exact) mass is 386 g/mol. The molecule has 0 spiro atoms. The van der Waals surface area contributed by atoms with Crippen molar-refractivity contribution in [3.63, 3.8) is 0 Å². The van der Waals surface area contributed by atoms with E-state index in [0.717, 1.165) is 12.1 Å². The third-order valence-electron chi connectivity index (χ3n) is 3.55. The summed E-state index contributed by atoms with van der Waals surface area (Å²) in [4.78, 5) is 12.8. The Kier molecular flexibility index (Phi) is 5.60. The van der Waals surface area contributed by atoms with Gasteiger partial charge in [-0.25, -0.2) is 8.42 Å². The van der Waals surface area contributed by atoms with Crippen LogP contribution in [0.5, 0.6) is 0 Å². The third-order valence-corrected chi connectivity index (χ3v) is 4.95. The van der Waals surface area contributed by atoms with Gasteiger partial charge in [-0.1, -0.05) is 12.1 Å². The average Bonchev–Trinajstić information content (AvgIpc) is 2.55. The molecule has 0 aliphatic carbocycles. The molecule has 9 heteroatoms. The van der Waals surface area contributed by atoms with E-state index in [1.807, 2.05) is 0 Å². The first-order chi connectivity index (χ1) is 12.0. The van der Waals surface area contributed by atoms with Crippen molar-refractivity contribution >= 4 is 21.6 Å². The lowest BCUT2D eigenvalue weighted by Crippen LogP contribution is -2.23. The average molecular weight is 386 g/mol. The van der Waals surface area contributed by atoms with Crippen LogP contribution in [0.25, 0.3) is 0 Å². The van der Waals surface area contributed by atoms with E-state index >= 15 is 0 Å². The maximum atomic E-state index is 12.5. The molecular formula is C17H17F3N2O3S. The SMILES string of the molecule is CN(C)C(=O)Cc1ccc(NS(=O)(=O)c2ccc(C(F)(F)F)cc2)cc1. The van der Waals surface area contributed by atoms with E-state index in [1.54, 1.807) is 26.2 Å². The summed E-state index contributed by atoms with van der Waals surface area (Å²) in [7, 11) is -0.750. The fourth-order valence-corrected chi connectivity index (χ4v) is 3.12. The molecule has 0 aliphatic heterocycles. The van der Waals surface area contributed by atoms with Gasteiger partial charge in [0.15, 0.2) is 0 Å². The first-order valence-electron chi connectivity index (χ1n) is 7.48. The minimum atomic E-state index is -4.53. The topological polar surface area (TPSA) is 66.5 Å². The van der Waals surface area contributed by atoms with Crippen LogP contribution in [-0.4, -0.2) is 33.3 Å². The Balaban J connectivity index is 2.13. The van der Waals surface area contributed by atoms with Crippen molar-refractivity contribution in [2.45, 2.75) is 17.5 Å². The standard InChI is InChI=1S/C17H17F3N2O3S/c1-22(2)16(23)11-12-3-7-14(8-4-12)21-26(24,25)15-9-5-13(6-10-15)17(18,19)20/h3-10,21H,11H2,1-2H3. The third kappa shape index (κ3) is 4.98. The minimum absolute atomic E-state index is 0.0944. The number of carbonyl (C=O) groups excluding carboxylic acids is 1. The molecule has 0 aromatic heterocycles. The van der Waals surface area contributed by atoms with Crippen molar-refractivity contribution in [3.8, 4) is 0 Å². The second kappa shape index (κ2) is 7.36. The van der Waals surface area contributed by atoms with E-state index < -0.39 is 21.8 Å². The van der Waals surface area contributed by atoms with E-state index in [1.165, 1.54) is 17.0 Å². The zero-order valence-electron chi connectivity index (χ0n) is 14.0. The van der Waals surface area contributed by atoms with Crippen LogP contribution in [0.3, 0.4) is 0 Å². The Morgan fingerprint density at radius 2 is 1.54 bits per heavy atom. The largest absolute Gasteiger partial charge is 0.416 e. The van der Waals surface area contributed by atoms with E-state index in [9.17, 15) is 26.4 Å². The van der Waals surface area contributed by atoms with Crippen LogP contribution in [0.2, 0.25) is 0 Å². The molecule has 5 nitrogen and oxygen atoms in total. The second-order valence-corrected chi connectivity index (χ2v) is 7.47. The number of halogens is 3. The Morgan fingerprint density at radius 3 is 2.00 bits per heavy atom. The number of nitrogens with zero attached hydrogens (tertiary/aromatic N) is 1. The fraction of sp³-hybridized carbons (Fsp3) is 0.235. The summed E-state index contributed by atoms with van der Waals surface area (Å²) in [6.45, 7) is 0. The predicted octanol–water partition coefficient (Wildman–Crippen LogP) is 3.14. The lowest BCUT2D eigenvalue weighted by atomic mass is 10.1. The molecule has 0 radical (unpaired) electrons. The number of rotatable bonds is 5. The number of carbonyl (C=O) groups is 1. The van der Waals surface area contributed by atoms with Crippen molar-refractivity contribution < 1.29 is 26.4 Å². The second-order valence-electron chi connectivity index (χ2n) is 5.79. The van der Waals surface area contributed by atoms with E-state index in [4.69, 9.17) is 0 Å². The van der Waals surface area contributed by atoms with Gasteiger partial charge in [-0.2, -0.15) is 13.2 Å². The van der Waals surface area contributed by atoms with Gasteiger partial charge in [0.1, 0.15) is 0 Å². The summed E-state index contributed by atoms with van der Waals surface area (Å²) in [5.74, 6) is -0.0944. The van der Waals surface area contributed by atoms with Crippen LogP contribution in [0.1, 0.15) is 11.1 Å². The minimum Gasteiger partial charge on any atom is -0.349 e. The van der Waals surface area contributed by atoms with Gasteiger partial charge in [-0.05, 0) is 42.0 Å². The first kappa shape index (κ1) is 19.8. The maximum absolute atomic E-state index is 12.5. The Bertz CT molecular complexity index is 875. The summed E-state index contributed by atoms with van der Waals surface area (Å²) in [5.41, 5.74) is 0.0264. The molecule has 2 aromatic carbocycles. The number of amides is 1. The normalized spacial score (nSPS) is 11.9. The van der Waals surface area contributed by atoms with Gasteiger partial charge in [-0.15, -0.1) is 0 Å². The van der Waals surface area contributed by atoms with E-state index in [0.29, 0.717) is 17.7 Å². The molecule has 140 valence electrons. The molecule has 0 saturated heterocycles. The van der Waals surface area contributed by atoms with Gasteiger partial charge in [0.2, 0.25) is 5.91 Å². The number of benzene rings is 2. The molecular weight excluding hydrogens is 369 g/mol. The molecule has 0 heterocycles. The molecule has 2 aromatic rings. The van der Waals surface area contributed by atoms with Crippen molar-refractivity contribution in [2.75, 3.05) is 18.8 Å². The summed E-state index contributed by atoms with van der Waals surface area (Å²) in [5, 5.41) is 0. The number of anilines is 1. The molecule has 0 saturated carbocycles. The van der Waals surface area contributed by atoms with Gasteiger partial charge in [-0.3, -0.25) is 9.52 Å². The number of alkyl halides is 3. The van der Waals surface area contributed by atoms with Crippen LogP contribution >= 0.6 is 0 Å². The van der Waals surface area contributed by atoms with E-state index in [2.05, 4.69) is 4.72 Å². The zero-order chi connectivity index (χ0) is 19.5. The summed E-state index contributed by atoms with van der Waals surface area (Å²) >= 11 is 0. The summed E-state index contributed by atoms with van der Waals surface area (Å²) in [6, 6.07) is 9.40. The summed E-state index contributed by atoms with van der Waals surface area (Å²) in [6.07, 6.45) is -4.35. The lowest BCUT2D eigenvalue weighted by molar-refractivity contribution is -0.137. The first-order valence-corrected chi connectivity index (χ1v) is 8.96. The van der Waals surface area contributed by atoms with E-state index in [-0.39, 0.29) is 22.9 Å². The molecule has 0 atom stereocenters. The van der Waals surface area contributed by atoms with Crippen LogP contribution in [-0.2, 0) is 27.4 Å². The van der Waals surface area contributed by atoms with Gasteiger partial charge in [0.05, 0.1) is 16.9 Å². The Hall–Kier alpha value is -2.55. The summed E-state index contributed by atoms with van der Waals surface area (Å²) < 4.78 is 64.5.